The smallest absolute Gasteiger partial charge is 0.134 e. The Bertz CT molecular complexity index is 344. The maximum absolute atomic E-state index is 9.18. The Kier molecular flexibility index (Phi) is 4.82. The standard InChI is InChI=1S/C10H18N4OS/c1-6-9(11)12-5-13-10(6)14-7(2)8(4-15)16-3/h5,7-8,15H,4H2,1-3H3,(H3,11,12,13,14). The van der Waals surface area contributed by atoms with Gasteiger partial charge in [-0.1, -0.05) is 0 Å². The van der Waals surface area contributed by atoms with Crippen LogP contribution < -0.4 is 11.1 Å². The number of nitrogens with one attached hydrogen (secondary N) is 1. The minimum Gasteiger partial charge on any atom is -0.395 e. The minimum atomic E-state index is 0.119. The maximum Gasteiger partial charge on any atom is 0.134 e. The Morgan fingerprint density at radius 3 is 2.81 bits per heavy atom. The summed E-state index contributed by atoms with van der Waals surface area (Å²) in [6.45, 7) is 4.02. The van der Waals surface area contributed by atoms with E-state index in [1.54, 1.807) is 11.8 Å². The number of rotatable bonds is 5. The lowest BCUT2D eigenvalue weighted by Crippen LogP contribution is -2.31. The fourth-order valence-corrected chi connectivity index (χ4v) is 1.98. The maximum atomic E-state index is 9.18. The van der Waals surface area contributed by atoms with E-state index in [4.69, 9.17) is 5.73 Å². The Labute approximate surface area is 99.9 Å². The van der Waals surface area contributed by atoms with Crippen LogP contribution in [0.25, 0.3) is 0 Å². The molecule has 5 nitrogen and oxygen atoms in total. The van der Waals surface area contributed by atoms with E-state index in [1.807, 2.05) is 20.1 Å². The second kappa shape index (κ2) is 5.91. The number of nitrogen functional groups attached to an aromatic ring is 1. The summed E-state index contributed by atoms with van der Waals surface area (Å²) >= 11 is 1.62. The molecule has 4 N–H and O–H groups in total. The van der Waals surface area contributed by atoms with E-state index in [1.165, 1.54) is 6.33 Å². The van der Waals surface area contributed by atoms with Crippen LogP contribution in [0.4, 0.5) is 11.6 Å². The van der Waals surface area contributed by atoms with E-state index in [2.05, 4.69) is 15.3 Å². The summed E-state index contributed by atoms with van der Waals surface area (Å²) in [5.74, 6) is 1.21. The molecule has 6 heteroatoms. The molecule has 0 aromatic carbocycles. The number of anilines is 2. The molecule has 0 fully saturated rings. The number of thioether (sulfide) groups is 1. The lowest BCUT2D eigenvalue weighted by molar-refractivity contribution is 0.288. The Hall–Kier alpha value is -1.01. The first-order chi connectivity index (χ1) is 7.60. The summed E-state index contributed by atoms with van der Waals surface area (Å²) in [7, 11) is 0. The van der Waals surface area contributed by atoms with E-state index >= 15 is 0 Å². The van der Waals surface area contributed by atoms with Gasteiger partial charge in [0.1, 0.15) is 18.0 Å². The molecule has 0 radical (unpaired) electrons. The molecule has 1 aromatic heterocycles. The highest BCUT2D eigenvalue weighted by atomic mass is 32.2. The van der Waals surface area contributed by atoms with Crippen molar-refractivity contribution in [2.24, 2.45) is 0 Å². The van der Waals surface area contributed by atoms with Crippen molar-refractivity contribution in [2.75, 3.05) is 23.9 Å². The first kappa shape index (κ1) is 13.1. The van der Waals surface area contributed by atoms with Gasteiger partial charge in [0.25, 0.3) is 0 Å². The van der Waals surface area contributed by atoms with Crippen molar-refractivity contribution in [2.45, 2.75) is 25.1 Å². The molecule has 0 aliphatic carbocycles. The molecule has 2 atom stereocenters. The van der Waals surface area contributed by atoms with Crippen molar-refractivity contribution < 1.29 is 5.11 Å². The third-order valence-corrected chi connectivity index (χ3v) is 3.69. The molecule has 0 saturated carbocycles. The second-order valence-electron chi connectivity index (χ2n) is 3.62. The van der Waals surface area contributed by atoms with Crippen molar-refractivity contribution in [1.29, 1.82) is 0 Å². The van der Waals surface area contributed by atoms with Crippen molar-refractivity contribution in [1.82, 2.24) is 9.97 Å². The van der Waals surface area contributed by atoms with Crippen LogP contribution in [0.5, 0.6) is 0 Å². The van der Waals surface area contributed by atoms with Crippen LogP contribution in [-0.4, -0.2) is 39.2 Å². The fourth-order valence-electron chi connectivity index (χ4n) is 1.35. The van der Waals surface area contributed by atoms with E-state index < -0.39 is 0 Å². The van der Waals surface area contributed by atoms with Gasteiger partial charge in [0.15, 0.2) is 0 Å². The zero-order chi connectivity index (χ0) is 12.1. The van der Waals surface area contributed by atoms with Crippen LogP contribution in [0, 0.1) is 6.92 Å². The summed E-state index contributed by atoms with van der Waals surface area (Å²) in [6, 6.07) is 0.119. The molecule has 16 heavy (non-hydrogen) atoms. The van der Waals surface area contributed by atoms with Gasteiger partial charge >= 0.3 is 0 Å². The van der Waals surface area contributed by atoms with Gasteiger partial charge in [-0.05, 0) is 20.1 Å². The van der Waals surface area contributed by atoms with Gasteiger partial charge in [-0.15, -0.1) is 0 Å². The number of nitrogens with zero attached hydrogens (tertiary/aromatic N) is 2. The van der Waals surface area contributed by atoms with Gasteiger partial charge < -0.3 is 16.2 Å². The van der Waals surface area contributed by atoms with Crippen LogP contribution in [-0.2, 0) is 0 Å². The summed E-state index contributed by atoms with van der Waals surface area (Å²) in [5.41, 5.74) is 6.53. The van der Waals surface area contributed by atoms with Gasteiger partial charge in [-0.25, -0.2) is 9.97 Å². The number of hydrogen-bond acceptors (Lipinski definition) is 6. The molecule has 0 bridgehead atoms. The Morgan fingerprint density at radius 2 is 2.25 bits per heavy atom. The van der Waals surface area contributed by atoms with Crippen molar-refractivity contribution >= 4 is 23.4 Å². The minimum absolute atomic E-state index is 0.119. The molecular weight excluding hydrogens is 224 g/mol. The molecule has 0 aliphatic rings. The van der Waals surface area contributed by atoms with Crippen LogP contribution in [0.15, 0.2) is 6.33 Å². The molecule has 90 valence electrons. The molecule has 0 spiro atoms. The Morgan fingerprint density at radius 1 is 1.56 bits per heavy atom. The van der Waals surface area contributed by atoms with Gasteiger partial charge in [0, 0.05) is 16.9 Å². The predicted octanol–water partition coefficient (Wildman–Crippen LogP) is 0.892. The molecule has 0 aliphatic heterocycles. The molecule has 1 rings (SSSR count). The van der Waals surface area contributed by atoms with Gasteiger partial charge in [-0.3, -0.25) is 0 Å². The Balaban J connectivity index is 2.76. The van der Waals surface area contributed by atoms with Crippen molar-refractivity contribution in [3.63, 3.8) is 0 Å². The first-order valence-electron chi connectivity index (χ1n) is 5.07. The number of aliphatic hydroxyl groups is 1. The average Bonchev–Trinajstić information content (AvgIpc) is 2.26. The molecule has 2 unspecified atom stereocenters. The van der Waals surface area contributed by atoms with E-state index in [-0.39, 0.29) is 17.9 Å². The highest BCUT2D eigenvalue weighted by Crippen LogP contribution is 2.19. The third kappa shape index (κ3) is 2.99. The number of aliphatic hydroxyl groups excluding tert-OH is 1. The van der Waals surface area contributed by atoms with E-state index in [0.717, 1.165) is 11.4 Å². The normalized spacial score (nSPS) is 14.5. The topological polar surface area (TPSA) is 84.1 Å². The van der Waals surface area contributed by atoms with Gasteiger partial charge in [-0.2, -0.15) is 11.8 Å². The van der Waals surface area contributed by atoms with Gasteiger partial charge in [0.05, 0.1) is 6.61 Å². The lowest BCUT2D eigenvalue weighted by atomic mass is 10.2. The first-order valence-corrected chi connectivity index (χ1v) is 6.36. The van der Waals surface area contributed by atoms with Crippen LogP contribution >= 0.6 is 11.8 Å². The molecule has 0 amide bonds. The lowest BCUT2D eigenvalue weighted by Gasteiger charge is -2.22. The monoisotopic (exact) mass is 242 g/mol. The third-order valence-electron chi connectivity index (χ3n) is 2.53. The number of hydrogen-bond donors (Lipinski definition) is 3. The summed E-state index contributed by atoms with van der Waals surface area (Å²) in [6.07, 6.45) is 3.41. The zero-order valence-corrected chi connectivity index (χ0v) is 10.6. The van der Waals surface area contributed by atoms with E-state index in [0.29, 0.717) is 5.82 Å². The molecule has 0 saturated heterocycles. The zero-order valence-electron chi connectivity index (χ0n) is 9.77. The SMILES string of the molecule is CSC(CO)C(C)Nc1ncnc(N)c1C. The highest BCUT2D eigenvalue weighted by molar-refractivity contribution is 7.99. The van der Waals surface area contributed by atoms with Crippen LogP contribution in [0.3, 0.4) is 0 Å². The van der Waals surface area contributed by atoms with Crippen molar-refractivity contribution in [3.8, 4) is 0 Å². The predicted molar refractivity (Wildman–Crippen MR) is 68.7 cm³/mol. The summed E-state index contributed by atoms with van der Waals surface area (Å²) in [4.78, 5) is 8.04. The summed E-state index contributed by atoms with van der Waals surface area (Å²) in [5, 5.41) is 12.6. The summed E-state index contributed by atoms with van der Waals surface area (Å²) < 4.78 is 0. The molecule has 1 heterocycles. The quantitative estimate of drug-likeness (QED) is 0.711. The number of aromatic nitrogens is 2. The largest absolute Gasteiger partial charge is 0.395 e. The van der Waals surface area contributed by atoms with Crippen LogP contribution in [0.2, 0.25) is 0 Å². The van der Waals surface area contributed by atoms with Crippen LogP contribution in [0.1, 0.15) is 12.5 Å². The molecular formula is C10H18N4OS. The molecule has 1 aromatic rings. The van der Waals surface area contributed by atoms with Crippen molar-refractivity contribution in [3.05, 3.63) is 11.9 Å². The van der Waals surface area contributed by atoms with Gasteiger partial charge in [0.2, 0.25) is 0 Å². The second-order valence-corrected chi connectivity index (χ2v) is 4.70. The highest BCUT2D eigenvalue weighted by Gasteiger charge is 2.16. The number of nitrogens with two attached hydrogens (primary N) is 1. The fraction of sp³-hybridized carbons (Fsp3) is 0.600. The average molecular weight is 242 g/mol. The van der Waals surface area contributed by atoms with E-state index in [9.17, 15) is 5.11 Å².